The summed E-state index contributed by atoms with van der Waals surface area (Å²) in [5.41, 5.74) is 8.07. The van der Waals surface area contributed by atoms with E-state index in [1.165, 1.54) is 0 Å². The fourth-order valence-electron chi connectivity index (χ4n) is 2.22. The quantitative estimate of drug-likeness (QED) is 0.767. The van der Waals surface area contributed by atoms with Crippen molar-refractivity contribution in [3.05, 3.63) is 28.3 Å². The molecule has 0 saturated carbocycles. The maximum Gasteiger partial charge on any atom is 0.267 e. The molecule has 0 radical (unpaired) electrons. The minimum Gasteiger partial charge on any atom is -0.357 e. The number of thiazole rings is 1. The molecule has 0 spiro atoms. The Labute approximate surface area is 129 Å². The molecule has 0 aliphatic carbocycles. The van der Waals surface area contributed by atoms with Crippen LogP contribution in [-0.2, 0) is 0 Å². The third-order valence-corrected chi connectivity index (χ3v) is 3.99. The summed E-state index contributed by atoms with van der Waals surface area (Å²) in [7, 11) is 0. The van der Waals surface area contributed by atoms with Gasteiger partial charge in [-0.2, -0.15) is 0 Å². The van der Waals surface area contributed by atoms with Crippen molar-refractivity contribution in [2.24, 2.45) is 11.7 Å². The van der Waals surface area contributed by atoms with Crippen LogP contribution in [0.1, 0.15) is 35.8 Å². The van der Waals surface area contributed by atoms with Crippen molar-refractivity contribution in [2.45, 2.75) is 33.2 Å². The van der Waals surface area contributed by atoms with Gasteiger partial charge in [0.15, 0.2) is 0 Å². The number of nitrogens with one attached hydrogen (secondary N) is 2. The summed E-state index contributed by atoms with van der Waals surface area (Å²) in [4.78, 5) is 19.7. The second kappa shape index (κ2) is 6.87. The number of nitrogens with zero attached hydrogens (tertiary/aromatic N) is 1. The van der Waals surface area contributed by atoms with Crippen molar-refractivity contribution in [3.8, 4) is 11.3 Å². The molecule has 6 heteroatoms. The Kier molecular flexibility index (Phi) is 5.14. The van der Waals surface area contributed by atoms with Gasteiger partial charge in [0.1, 0.15) is 5.69 Å². The molecule has 0 aromatic carbocycles. The highest BCUT2D eigenvalue weighted by atomic mass is 32.1. The Morgan fingerprint density at radius 1 is 1.52 bits per heavy atom. The summed E-state index contributed by atoms with van der Waals surface area (Å²) in [5.74, 6) is 0.375. The van der Waals surface area contributed by atoms with Gasteiger partial charge in [-0.25, -0.2) is 4.98 Å². The predicted octanol–water partition coefficient (Wildman–Crippen LogP) is 2.55. The van der Waals surface area contributed by atoms with Crippen molar-refractivity contribution < 1.29 is 4.79 Å². The Morgan fingerprint density at radius 3 is 2.86 bits per heavy atom. The third-order valence-electron chi connectivity index (χ3n) is 3.22. The lowest BCUT2D eigenvalue weighted by molar-refractivity contribution is 0.0929. The molecule has 5 nitrogen and oxygen atoms in total. The van der Waals surface area contributed by atoms with Gasteiger partial charge in [0, 0.05) is 29.7 Å². The van der Waals surface area contributed by atoms with Crippen LogP contribution in [0.15, 0.2) is 17.6 Å². The molecule has 1 amide bonds. The van der Waals surface area contributed by atoms with Crippen LogP contribution in [0, 0.1) is 12.8 Å². The number of rotatable bonds is 6. The minimum absolute atomic E-state index is 0.00534. The van der Waals surface area contributed by atoms with Crippen LogP contribution in [0.25, 0.3) is 11.3 Å². The number of carbonyl (C=O) groups excluding carboxylic acids is 1. The Balaban J connectivity index is 2.05. The first-order chi connectivity index (χ1) is 9.99. The molecular weight excluding hydrogens is 284 g/mol. The van der Waals surface area contributed by atoms with E-state index in [1.54, 1.807) is 11.3 Å². The van der Waals surface area contributed by atoms with E-state index in [0.29, 0.717) is 18.2 Å². The zero-order valence-corrected chi connectivity index (χ0v) is 13.5. The van der Waals surface area contributed by atoms with E-state index in [0.717, 1.165) is 22.7 Å². The number of nitrogens with two attached hydrogens (primary N) is 1. The van der Waals surface area contributed by atoms with Crippen LogP contribution in [0.4, 0.5) is 0 Å². The second-order valence-electron chi connectivity index (χ2n) is 5.59. The van der Waals surface area contributed by atoms with E-state index >= 15 is 0 Å². The average Bonchev–Trinajstić information content (AvgIpc) is 3.05. The molecule has 4 N–H and O–H groups in total. The molecule has 2 heterocycles. The maximum absolute atomic E-state index is 12.2. The molecule has 0 aliphatic heterocycles. The molecular formula is C15H22N4OS. The standard InChI is InChI=1S/C15H22N4OS/c1-9(2)4-12(6-16)19-15(20)13-5-11(7-17-13)14-8-21-10(3)18-14/h5,7-9,12,17H,4,6,16H2,1-3H3,(H,19,20). The number of hydrogen-bond acceptors (Lipinski definition) is 4. The maximum atomic E-state index is 12.2. The topological polar surface area (TPSA) is 83.8 Å². The first kappa shape index (κ1) is 15.7. The lowest BCUT2D eigenvalue weighted by Gasteiger charge is -2.18. The van der Waals surface area contributed by atoms with E-state index in [2.05, 4.69) is 29.1 Å². The van der Waals surface area contributed by atoms with Gasteiger partial charge >= 0.3 is 0 Å². The summed E-state index contributed by atoms with van der Waals surface area (Å²) in [6, 6.07) is 1.83. The second-order valence-corrected chi connectivity index (χ2v) is 6.65. The lowest BCUT2D eigenvalue weighted by atomic mass is 10.0. The van der Waals surface area contributed by atoms with Crippen LogP contribution in [0.5, 0.6) is 0 Å². The van der Waals surface area contributed by atoms with Crippen molar-refractivity contribution in [3.63, 3.8) is 0 Å². The van der Waals surface area contributed by atoms with Crippen LogP contribution >= 0.6 is 11.3 Å². The number of aromatic amines is 1. The van der Waals surface area contributed by atoms with Gasteiger partial charge in [0.2, 0.25) is 0 Å². The molecule has 21 heavy (non-hydrogen) atoms. The fraction of sp³-hybridized carbons (Fsp3) is 0.467. The molecule has 0 fully saturated rings. The molecule has 0 saturated heterocycles. The number of aromatic nitrogens is 2. The van der Waals surface area contributed by atoms with E-state index in [4.69, 9.17) is 5.73 Å². The van der Waals surface area contributed by atoms with E-state index in [1.807, 2.05) is 24.6 Å². The molecule has 2 aromatic rings. The van der Waals surface area contributed by atoms with Crippen LogP contribution in [-0.4, -0.2) is 28.5 Å². The zero-order chi connectivity index (χ0) is 15.4. The number of carbonyl (C=O) groups is 1. The van der Waals surface area contributed by atoms with E-state index in [-0.39, 0.29) is 11.9 Å². The zero-order valence-electron chi connectivity index (χ0n) is 12.6. The molecule has 2 aromatic heterocycles. The van der Waals surface area contributed by atoms with Crippen molar-refractivity contribution >= 4 is 17.2 Å². The van der Waals surface area contributed by atoms with E-state index < -0.39 is 0 Å². The highest BCUT2D eigenvalue weighted by Crippen LogP contribution is 2.22. The Hall–Kier alpha value is -1.66. The lowest BCUT2D eigenvalue weighted by Crippen LogP contribution is -2.41. The van der Waals surface area contributed by atoms with Crippen molar-refractivity contribution in [1.29, 1.82) is 0 Å². The smallest absolute Gasteiger partial charge is 0.267 e. The van der Waals surface area contributed by atoms with Gasteiger partial charge in [-0.3, -0.25) is 4.79 Å². The monoisotopic (exact) mass is 306 g/mol. The highest BCUT2D eigenvalue weighted by Gasteiger charge is 2.16. The first-order valence-electron chi connectivity index (χ1n) is 7.11. The largest absolute Gasteiger partial charge is 0.357 e. The van der Waals surface area contributed by atoms with Crippen molar-refractivity contribution in [2.75, 3.05) is 6.54 Å². The molecule has 1 atom stereocenters. The van der Waals surface area contributed by atoms with Crippen LogP contribution in [0.3, 0.4) is 0 Å². The molecule has 2 rings (SSSR count). The first-order valence-corrected chi connectivity index (χ1v) is 7.99. The van der Waals surface area contributed by atoms with E-state index in [9.17, 15) is 4.79 Å². The summed E-state index contributed by atoms with van der Waals surface area (Å²) in [6.45, 7) is 6.65. The van der Waals surface area contributed by atoms with Gasteiger partial charge in [0.05, 0.1) is 10.7 Å². The number of H-pyrrole nitrogens is 1. The highest BCUT2D eigenvalue weighted by molar-refractivity contribution is 7.09. The molecule has 0 bridgehead atoms. The van der Waals surface area contributed by atoms with Crippen LogP contribution in [0.2, 0.25) is 0 Å². The van der Waals surface area contributed by atoms with Gasteiger partial charge < -0.3 is 16.0 Å². The number of aryl methyl sites for hydroxylation is 1. The number of hydrogen-bond donors (Lipinski definition) is 3. The van der Waals surface area contributed by atoms with Crippen LogP contribution < -0.4 is 11.1 Å². The summed E-state index contributed by atoms with van der Waals surface area (Å²) < 4.78 is 0. The van der Waals surface area contributed by atoms with Gasteiger partial charge in [-0.15, -0.1) is 11.3 Å². The van der Waals surface area contributed by atoms with Gasteiger partial charge in [0.25, 0.3) is 5.91 Å². The molecule has 1 unspecified atom stereocenters. The average molecular weight is 306 g/mol. The van der Waals surface area contributed by atoms with Crippen molar-refractivity contribution in [1.82, 2.24) is 15.3 Å². The molecule has 0 aliphatic rings. The number of amides is 1. The van der Waals surface area contributed by atoms with Gasteiger partial charge in [-0.05, 0) is 25.3 Å². The Morgan fingerprint density at radius 2 is 2.29 bits per heavy atom. The predicted molar refractivity (Wildman–Crippen MR) is 86.4 cm³/mol. The summed E-state index contributed by atoms with van der Waals surface area (Å²) >= 11 is 1.60. The Bertz CT molecular complexity index is 602. The summed E-state index contributed by atoms with van der Waals surface area (Å²) in [6.07, 6.45) is 2.68. The normalized spacial score (nSPS) is 12.6. The van der Waals surface area contributed by atoms with Gasteiger partial charge in [-0.1, -0.05) is 13.8 Å². The molecule has 114 valence electrons. The third kappa shape index (κ3) is 4.15. The minimum atomic E-state index is -0.121. The SMILES string of the molecule is Cc1nc(-c2c[nH]c(C(=O)NC(CN)CC(C)C)c2)cs1. The fourth-order valence-corrected chi connectivity index (χ4v) is 2.84. The summed E-state index contributed by atoms with van der Waals surface area (Å²) in [5, 5.41) is 5.97.